The van der Waals surface area contributed by atoms with Gasteiger partial charge in [-0.15, -0.1) is 0 Å². The van der Waals surface area contributed by atoms with Gasteiger partial charge in [-0.2, -0.15) is 0 Å². The van der Waals surface area contributed by atoms with E-state index in [1.165, 1.54) is 0 Å². The molecule has 0 aromatic heterocycles. The summed E-state index contributed by atoms with van der Waals surface area (Å²) in [7, 11) is 0. The minimum Gasteiger partial charge on any atom is -0.396 e. The lowest BCUT2D eigenvalue weighted by Gasteiger charge is -2.17. The second-order valence-electron chi connectivity index (χ2n) is 4.41. The zero-order valence-corrected chi connectivity index (χ0v) is 11.1. The summed E-state index contributed by atoms with van der Waals surface area (Å²) in [5.41, 5.74) is 0.649. The lowest BCUT2D eigenvalue weighted by atomic mass is 10.1. The predicted molar refractivity (Wildman–Crippen MR) is 69.8 cm³/mol. The second kappa shape index (κ2) is 5.65. The molecule has 1 aliphatic rings. The van der Waals surface area contributed by atoms with Crippen molar-refractivity contribution < 1.29 is 9.90 Å². The van der Waals surface area contributed by atoms with E-state index in [0.717, 1.165) is 17.3 Å². The fourth-order valence-electron chi connectivity index (χ4n) is 1.95. The highest BCUT2D eigenvalue weighted by Crippen LogP contribution is 2.34. The Labute approximate surface area is 109 Å². The summed E-state index contributed by atoms with van der Waals surface area (Å²) in [6, 6.07) is 7.49. The molecule has 0 saturated heterocycles. The highest BCUT2D eigenvalue weighted by molar-refractivity contribution is 9.10. The second-order valence-corrected chi connectivity index (χ2v) is 5.26. The van der Waals surface area contributed by atoms with Crippen LogP contribution in [0.4, 0.5) is 0 Å². The standard InChI is InChI=1S/C13H16BrNO2/c14-11-4-2-1-3-10(11)13(17)15-12(7-8-16)9-5-6-9/h1-4,9,12,16H,5-8H2,(H,15,17). The molecule has 1 atom stereocenters. The van der Waals surface area contributed by atoms with Crippen LogP contribution in [-0.2, 0) is 0 Å². The summed E-state index contributed by atoms with van der Waals surface area (Å²) in [6.07, 6.45) is 2.95. The first kappa shape index (κ1) is 12.6. The summed E-state index contributed by atoms with van der Waals surface area (Å²) in [4.78, 5) is 12.1. The molecule has 0 aliphatic heterocycles. The van der Waals surface area contributed by atoms with Crippen LogP contribution in [0.1, 0.15) is 29.6 Å². The minimum atomic E-state index is -0.0668. The topological polar surface area (TPSA) is 49.3 Å². The number of aliphatic hydroxyl groups is 1. The van der Waals surface area contributed by atoms with Gasteiger partial charge in [0.15, 0.2) is 0 Å². The van der Waals surface area contributed by atoms with Gasteiger partial charge < -0.3 is 10.4 Å². The number of hydrogen-bond acceptors (Lipinski definition) is 2. The summed E-state index contributed by atoms with van der Waals surface area (Å²) in [6.45, 7) is 0.122. The molecule has 1 aromatic carbocycles. The van der Waals surface area contributed by atoms with Crippen molar-refractivity contribution in [3.63, 3.8) is 0 Å². The van der Waals surface area contributed by atoms with Gasteiger partial charge in [0.25, 0.3) is 5.91 Å². The van der Waals surface area contributed by atoms with Crippen molar-refractivity contribution in [1.29, 1.82) is 0 Å². The molecule has 2 rings (SSSR count). The molecule has 0 spiro atoms. The van der Waals surface area contributed by atoms with Crippen molar-refractivity contribution in [2.75, 3.05) is 6.61 Å². The van der Waals surface area contributed by atoms with Crippen LogP contribution in [-0.4, -0.2) is 23.7 Å². The number of aliphatic hydroxyl groups excluding tert-OH is 1. The Bertz CT molecular complexity index is 404. The van der Waals surface area contributed by atoms with E-state index < -0.39 is 0 Å². The van der Waals surface area contributed by atoms with E-state index in [0.29, 0.717) is 17.9 Å². The lowest BCUT2D eigenvalue weighted by Crippen LogP contribution is -2.37. The SMILES string of the molecule is O=C(NC(CCO)C1CC1)c1ccccc1Br. The van der Waals surface area contributed by atoms with Crippen LogP contribution in [0.3, 0.4) is 0 Å². The van der Waals surface area contributed by atoms with E-state index in [4.69, 9.17) is 5.11 Å². The van der Waals surface area contributed by atoms with E-state index in [2.05, 4.69) is 21.2 Å². The summed E-state index contributed by atoms with van der Waals surface area (Å²) >= 11 is 3.37. The highest BCUT2D eigenvalue weighted by atomic mass is 79.9. The number of nitrogens with one attached hydrogen (secondary N) is 1. The quantitative estimate of drug-likeness (QED) is 0.876. The maximum Gasteiger partial charge on any atom is 0.252 e. The van der Waals surface area contributed by atoms with Crippen molar-refractivity contribution in [3.05, 3.63) is 34.3 Å². The molecule has 17 heavy (non-hydrogen) atoms. The van der Waals surface area contributed by atoms with Gasteiger partial charge in [0.1, 0.15) is 0 Å². The third-order valence-corrected chi connectivity index (χ3v) is 3.76. The Balaban J connectivity index is 2.02. The van der Waals surface area contributed by atoms with Crippen molar-refractivity contribution in [3.8, 4) is 0 Å². The zero-order chi connectivity index (χ0) is 12.3. The molecule has 1 unspecified atom stereocenters. The summed E-state index contributed by atoms with van der Waals surface area (Å²) < 4.78 is 0.802. The third kappa shape index (κ3) is 3.30. The van der Waals surface area contributed by atoms with E-state index in [9.17, 15) is 4.79 Å². The van der Waals surface area contributed by atoms with Crippen LogP contribution in [0.15, 0.2) is 28.7 Å². The van der Waals surface area contributed by atoms with Gasteiger partial charge in [-0.05, 0) is 53.2 Å². The first-order valence-electron chi connectivity index (χ1n) is 5.88. The molecule has 3 nitrogen and oxygen atoms in total. The molecule has 0 bridgehead atoms. The number of rotatable bonds is 5. The lowest BCUT2D eigenvalue weighted by molar-refractivity contribution is 0.0923. The smallest absolute Gasteiger partial charge is 0.252 e. The molecule has 1 aromatic rings. The molecule has 1 fully saturated rings. The van der Waals surface area contributed by atoms with Gasteiger partial charge in [0.05, 0.1) is 5.56 Å². The maximum atomic E-state index is 12.1. The predicted octanol–water partition coefficient (Wildman–Crippen LogP) is 2.34. The van der Waals surface area contributed by atoms with Gasteiger partial charge >= 0.3 is 0 Å². The van der Waals surface area contributed by atoms with Gasteiger partial charge in [0, 0.05) is 17.1 Å². The molecule has 0 radical (unpaired) electrons. The van der Waals surface area contributed by atoms with Crippen LogP contribution in [0.2, 0.25) is 0 Å². The first-order chi connectivity index (χ1) is 8.22. The van der Waals surface area contributed by atoms with Crippen LogP contribution in [0.25, 0.3) is 0 Å². The van der Waals surface area contributed by atoms with Crippen molar-refractivity contribution in [2.24, 2.45) is 5.92 Å². The average Bonchev–Trinajstić information content (AvgIpc) is 3.12. The highest BCUT2D eigenvalue weighted by Gasteiger charge is 2.32. The molecule has 4 heteroatoms. The number of hydrogen-bond donors (Lipinski definition) is 2. The Morgan fingerprint density at radius 1 is 1.47 bits per heavy atom. The summed E-state index contributed by atoms with van der Waals surface area (Å²) in [5.74, 6) is 0.483. The van der Waals surface area contributed by atoms with E-state index in [-0.39, 0.29) is 18.6 Å². The largest absolute Gasteiger partial charge is 0.396 e. The number of carbonyl (C=O) groups is 1. The monoisotopic (exact) mass is 297 g/mol. The normalized spacial score (nSPS) is 16.6. The van der Waals surface area contributed by atoms with Crippen LogP contribution < -0.4 is 5.32 Å². The van der Waals surface area contributed by atoms with Crippen molar-refractivity contribution in [1.82, 2.24) is 5.32 Å². The molecule has 92 valence electrons. The van der Waals surface area contributed by atoms with Gasteiger partial charge in [-0.25, -0.2) is 0 Å². The Morgan fingerprint density at radius 2 is 2.18 bits per heavy atom. The van der Waals surface area contributed by atoms with Crippen LogP contribution in [0.5, 0.6) is 0 Å². The van der Waals surface area contributed by atoms with Crippen LogP contribution in [0, 0.1) is 5.92 Å². The fraction of sp³-hybridized carbons (Fsp3) is 0.462. The molecular weight excluding hydrogens is 282 g/mol. The Hall–Kier alpha value is -0.870. The Morgan fingerprint density at radius 3 is 2.76 bits per heavy atom. The van der Waals surface area contributed by atoms with Gasteiger partial charge in [0.2, 0.25) is 0 Å². The minimum absolute atomic E-state index is 0.0668. The summed E-state index contributed by atoms with van der Waals surface area (Å²) in [5, 5.41) is 12.0. The number of amides is 1. The van der Waals surface area contributed by atoms with Crippen molar-refractivity contribution in [2.45, 2.75) is 25.3 Å². The van der Waals surface area contributed by atoms with Gasteiger partial charge in [-0.1, -0.05) is 12.1 Å². The zero-order valence-electron chi connectivity index (χ0n) is 9.53. The average molecular weight is 298 g/mol. The number of carbonyl (C=O) groups excluding carboxylic acids is 1. The fourth-order valence-corrected chi connectivity index (χ4v) is 2.42. The first-order valence-corrected chi connectivity index (χ1v) is 6.68. The molecule has 1 aliphatic carbocycles. The van der Waals surface area contributed by atoms with E-state index in [1.807, 2.05) is 18.2 Å². The van der Waals surface area contributed by atoms with Crippen molar-refractivity contribution >= 4 is 21.8 Å². The molecule has 1 saturated carbocycles. The van der Waals surface area contributed by atoms with E-state index >= 15 is 0 Å². The third-order valence-electron chi connectivity index (χ3n) is 3.07. The maximum absolute atomic E-state index is 12.1. The molecule has 1 amide bonds. The molecule has 2 N–H and O–H groups in total. The number of halogens is 1. The molecular formula is C13H16BrNO2. The number of benzene rings is 1. The van der Waals surface area contributed by atoms with Crippen LogP contribution >= 0.6 is 15.9 Å². The molecule has 0 heterocycles. The Kier molecular flexibility index (Phi) is 4.18. The van der Waals surface area contributed by atoms with Gasteiger partial charge in [-0.3, -0.25) is 4.79 Å². The van der Waals surface area contributed by atoms with E-state index in [1.54, 1.807) is 6.07 Å².